The molecule has 0 aliphatic carbocycles. The van der Waals surface area contributed by atoms with Gasteiger partial charge < -0.3 is 25.0 Å². The van der Waals surface area contributed by atoms with Crippen LogP contribution < -0.4 is 10.6 Å². The average molecular weight is 492 g/mol. The molecule has 196 valence electrons. The van der Waals surface area contributed by atoms with Gasteiger partial charge in [-0.1, -0.05) is 38.1 Å². The van der Waals surface area contributed by atoms with Crippen molar-refractivity contribution in [2.75, 3.05) is 20.2 Å². The van der Waals surface area contributed by atoms with Gasteiger partial charge in [0.05, 0.1) is 13.0 Å². The number of nitrogens with zero attached hydrogens (tertiary/aromatic N) is 1. The van der Waals surface area contributed by atoms with E-state index in [1.165, 1.54) is 11.9 Å². The summed E-state index contributed by atoms with van der Waals surface area (Å²) in [4.78, 5) is 52.3. The maximum atomic E-state index is 13.6. The van der Waals surface area contributed by atoms with E-state index in [9.17, 15) is 19.2 Å². The molecular weight excluding hydrogens is 450 g/mol. The molecule has 0 fully saturated rings. The molecule has 0 aliphatic rings. The number of nitrogens with one attached hydrogen (secondary N) is 2. The highest BCUT2D eigenvalue weighted by Crippen LogP contribution is 2.25. The highest BCUT2D eigenvalue weighted by Gasteiger charge is 2.35. The second-order valence-corrected chi connectivity index (χ2v) is 9.88. The number of alkyl carbamates (subject to hydrolysis) is 1. The molecule has 35 heavy (non-hydrogen) atoms. The fraction of sp³-hybridized carbons (Fsp3) is 0.615. The maximum Gasteiger partial charge on any atom is 0.408 e. The van der Waals surface area contributed by atoms with Crippen molar-refractivity contribution >= 4 is 23.9 Å². The third-order valence-electron chi connectivity index (χ3n) is 5.10. The summed E-state index contributed by atoms with van der Waals surface area (Å²) in [6.07, 6.45) is -0.308. The molecule has 3 amide bonds. The summed E-state index contributed by atoms with van der Waals surface area (Å²) in [7, 11) is 1.54. The molecule has 1 aromatic carbocycles. The van der Waals surface area contributed by atoms with Crippen LogP contribution in [0.4, 0.5) is 4.79 Å². The Labute approximate surface area is 208 Å². The lowest BCUT2D eigenvalue weighted by atomic mass is 9.97. The Morgan fingerprint density at radius 3 is 2.26 bits per heavy atom. The molecule has 0 spiro atoms. The van der Waals surface area contributed by atoms with E-state index in [4.69, 9.17) is 9.47 Å². The van der Waals surface area contributed by atoms with Crippen molar-refractivity contribution in [3.63, 3.8) is 0 Å². The lowest BCUT2D eigenvalue weighted by Gasteiger charge is -2.32. The minimum absolute atomic E-state index is 0.0217. The Bertz CT molecular complexity index is 878. The normalized spacial score (nSPS) is 12.9. The van der Waals surface area contributed by atoms with Crippen molar-refractivity contribution < 1.29 is 28.7 Å². The molecule has 0 saturated heterocycles. The minimum atomic E-state index is -0.957. The molecule has 9 nitrogen and oxygen atoms in total. The monoisotopic (exact) mass is 491 g/mol. The number of amides is 3. The van der Waals surface area contributed by atoms with Crippen molar-refractivity contribution in [2.45, 2.75) is 79.0 Å². The van der Waals surface area contributed by atoms with Gasteiger partial charge >= 0.3 is 12.1 Å². The van der Waals surface area contributed by atoms with Gasteiger partial charge in [0, 0.05) is 13.6 Å². The lowest BCUT2D eigenvalue weighted by molar-refractivity contribution is -0.143. The Morgan fingerprint density at radius 2 is 1.71 bits per heavy atom. The van der Waals surface area contributed by atoms with Gasteiger partial charge in [-0.2, -0.15) is 0 Å². The van der Waals surface area contributed by atoms with Crippen LogP contribution in [0, 0.1) is 12.8 Å². The number of benzene rings is 1. The molecule has 9 heteroatoms. The molecule has 0 bridgehead atoms. The topological polar surface area (TPSA) is 114 Å². The first kappa shape index (κ1) is 29.9. The Balaban J connectivity index is 3.18. The van der Waals surface area contributed by atoms with Gasteiger partial charge in [-0.15, -0.1) is 0 Å². The van der Waals surface area contributed by atoms with E-state index in [2.05, 4.69) is 10.6 Å². The van der Waals surface area contributed by atoms with E-state index in [0.717, 1.165) is 5.56 Å². The molecule has 0 aliphatic heterocycles. The fourth-order valence-electron chi connectivity index (χ4n) is 3.55. The van der Waals surface area contributed by atoms with Crippen LogP contribution in [0.25, 0.3) is 0 Å². The number of rotatable bonds is 11. The number of likely N-dealkylation sites (N-methyl/N-ethyl adjacent to an activating group) is 1. The molecule has 0 saturated carbocycles. The molecule has 1 aromatic rings. The summed E-state index contributed by atoms with van der Waals surface area (Å²) >= 11 is 0. The zero-order valence-corrected chi connectivity index (χ0v) is 22.3. The number of hydrogen-bond acceptors (Lipinski definition) is 6. The average Bonchev–Trinajstić information content (AvgIpc) is 2.72. The van der Waals surface area contributed by atoms with Crippen LogP contribution in [0.15, 0.2) is 24.3 Å². The molecule has 2 atom stereocenters. The van der Waals surface area contributed by atoms with E-state index in [-0.39, 0.29) is 25.5 Å². The first-order valence-corrected chi connectivity index (χ1v) is 12.0. The van der Waals surface area contributed by atoms with Gasteiger partial charge in [-0.05, 0) is 58.1 Å². The van der Waals surface area contributed by atoms with Crippen LogP contribution in [0.1, 0.15) is 71.6 Å². The van der Waals surface area contributed by atoms with E-state index in [1.807, 2.05) is 32.9 Å². The summed E-state index contributed by atoms with van der Waals surface area (Å²) in [5.41, 5.74) is 0.764. The Morgan fingerprint density at radius 1 is 1.09 bits per heavy atom. The third-order valence-corrected chi connectivity index (χ3v) is 5.10. The Hall–Kier alpha value is -3.10. The second kappa shape index (κ2) is 13.7. The van der Waals surface area contributed by atoms with E-state index >= 15 is 0 Å². The molecule has 0 heterocycles. The number of aryl methyl sites for hydroxylation is 1. The van der Waals surface area contributed by atoms with Crippen molar-refractivity contribution in [3.8, 4) is 0 Å². The van der Waals surface area contributed by atoms with Gasteiger partial charge in [-0.3, -0.25) is 14.4 Å². The summed E-state index contributed by atoms with van der Waals surface area (Å²) in [6, 6.07) is 5.45. The van der Waals surface area contributed by atoms with Crippen molar-refractivity contribution in [1.29, 1.82) is 0 Å². The number of esters is 1. The number of hydrogen-bond donors (Lipinski definition) is 2. The summed E-state index contributed by atoms with van der Waals surface area (Å²) in [5.74, 6) is -1.16. The maximum absolute atomic E-state index is 13.6. The zero-order chi connectivity index (χ0) is 26.8. The molecular formula is C26H41N3O6. The zero-order valence-electron chi connectivity index (χ0n) is 22.3. The Kier molecular flexibility index (Phi) is 11.7. The van der Waals surface area contributed by atoms with Crippen LogP contribution in [-0.4, -0.2) is 60.6 Å². The quantitative estimate of drug-likeness (QED) is 0.458. The predicted octanol–water partition coefficient (Wildman–Crippen LogP) is 3.50. The van der Waals surface area contributed by atoms with Crippen LogP contribution in [0.5, 0.6) is 0 Å². The van der Waals surface area contributed by atoms with Crippen LogP contribution in [-0.2, 0) is 23.9 Å². The van der Waals surface area contributed by atoms with Crippen molar-refractivity contribution in [1.82, 2.24) is 15.5 Å². The number of ether oxygens (including phenoxy) is 2. The van der Waals surface area contributed by atoms with Crippen molar-refractivity contribution in [3.05, 3.63) is 35.4 Å². The number of carbonyl (C=O) groups is 4. The number of carbonyl (C=O) groups excluding carboxylic acids is 4. The summed E-state index contributed by atoms with van der Waals surface area (Å²) in [6.45, 7) is 13.0. The SMILES string of the molecule is CCOC(=O)CCNC(=O)C(c1ccccc1C)N(C)C(=O)C(CC(C)C)NC(=O)OC(C)(C)C. The van der Waals surface area contributed by atoms with Gasteiger partial charge in [0.15, 0.2) is 0 Å². The first-order valence-electron chi connectivity index (χ1n) is 12.0. The van der Waals surface area contributed by atoms with E-state index in [0.29, 0.717) is 12.0 Å². The van der Waals surface area contributed by atoms with E-state index < -0.39 is 41.6 Å². The lowest BCUT2D eigenvalue weighted by Crippen LogP contribution is -2.52. The molecule has 0 radical (unpaired) electrons. The molecule has 1 rings (SSSR count). The van der Waals surface area contributed by atoms with Gasteiger partial charge in [-0.25, -0.2) is 4.79 Å². The largest absolute Gasteiger partial charge is 0.466 e. The minimum Gasteiger partial charge on any atom is -0.466 e. The first-order chi connectivity index (χ1) is 16.3. The van der Waals surface area contributed by atoms with Crippen molar-refractivity contribution in [2.24, 2.45) is 5.92 Å². The standard InChI is InChI=1S/C26H41N3O6/c1-9-34-21(30)14-15-27-23(31)22(19-13-11-10-12-18(19)4)29(8)24(32)20(16-17(2)3)28-25(33)35-26(5,6)7/h10-13,17,20,22H,9,14-16H2,1-8H3,(H,27,31)(H,28,33). The molecule has 2 unspecified atom stereocenters. The fourth-order valence-corrected chi connectivity index (χ4v) is 3.55. The molecule has 0 aromatic heterocycles. The highest BCUT2D eigenvalue weighted by molar-refractivity contribution is 5.92. The van der Waals surface area contributed by atoms with Gasteiger partial charge in [0.1, 0.15) is 17.7 Å². The molecule has 2 N–H and O–H groups in total. The second-order valence-electron chi connectivity index (χ2n) is 9.88. The highest BCUT2D eigenvalue weighted by atomic mass is 16.6. The van der Waals surface area contributed by atoms with Gasteiger partial charge in [0.25, 0.3) is 0 Å². The summed E-state index contributed by atoms with van der Waals surface area (Å²) in [5, 5.41) is 5.41. The van der Waals surface area contributed by atoms with E-state index in [1.54, 1.807) is 39.8 Å². The van der Waals surface area contributed by atoms with Crippen LogP contribution in [0.2, 0.25) is 0 Å². The van der Waals surface area contributed by atoms with Crippen LogP contribution >= 0.6 is 0 Å². The predicted molar refractivity (Wildman–Crippen MR) is 134 cm³/mol. The summed E-state index contributed by atoms with van der Waals surface area (Å²) < 4.78 is 10.2. The van der Waals surface area contributed by atoms with Crippen LogP contribution in [0.3, 0.4) is 0 Å². The van der Waals surface area contributed by atoms with Gasteiger partial charge in [0.2, 0.25) is 11.8 Å². The smallest absolute Gasteiger partial charge is 0.408 e. The third kappa shape index (κ3) is 10.4.